The van der Waals surface area contributed by atoms with Gasteiger partial charge in [0.15, 0.2) is 50.3 Å². The Kier molecular flexibility index (Phi) is 32.7. The predicted octanol–water partition coefficient (Wildman–Crippen LogP) is -17.7. The Labute approximate surface area is 600 Å². The smallest absolute Gasteiger partial charge is 0.243 e. The number of rotatable bonds is 31. The first kappa shape index (κ1) is 86.8. The Morgan fingerprint density at radius 1 is 0.352 bits per heavy atom. The van der Waals surface area contributed by atoms with Crippen LogP contribution in [0.15, 0.2) is 12.7 Å². The van der Waals surface area contributed by atoms with Crippen molar-refractivity contribution in [3.8, 4) is 0 Å². The summed E-state index contributed by atoms with van der Waals surface area (Å²) in [6.07, 6.45) is -81.6. The average Bonchev–Trinajstić information content (AvgIpc) is 0.779. The maximum atomic E-state index is 12.3. The summed E-state index contributed by atoms with van der Waals surface area (Å²) in [5, 5.41) is 280. The van der Waals surface area contributed by atoms with E-state index in [1.165, 1.54) is 11.8 Å². The number of aliphatic hydroxyl groups is 25. The fourth-order valence-electron chi connectivity index (χ4n) is 12.8. The average molecular weight is 1560 g/mol. The van der Waals surface area contributed by atoms with Gasteiger partial charge in [-0.2, -0.15) is 11.8 Å². The topological polar surface area (TPSA) is 704 Å². The summed E-state index contributed by atoms with van der Waals surface area (Å²) in [5.41, 5.74) is 0. The second-order valence-electron chi connectivity index (χ2n) is 26.4. The maximum Gasteiger partial charge on any atom is 0.243 e. The Morgan fingerprint density at radius 2 is 0.695 bits per heavy atom. The monoisotopic (exact) mass is 1560 g/mol. The SMILES string of the molecule is C=CC(=O)NCCSCCCN[C@@H]1O[C@@H](CO)[C@@H](O[C@@H]2OC(CO[C@H]3OC[C@@H](O)[C@H](O)C3O[C@@H]3OC(CO)[C@H](O)[C@H](O)C3O)[C@@H](O[C@@H]3O[C@@H](CO[C@H]4OC[C@@H](O)[C@H](O)C4O[C@@H]4OC(CO)[C@H](O)[C@H](O)C4O)[C@@H](O[C@@H]4OC(CO[C@H]5OC[C@@H](O)[C@H](O)C5O)[C@@H](O)[C@H](O)C4O)C(O)C3O)[C@H](O)C2O)C(O)C1O. The number of carbonyl (C=O) groups is 1. The van der Waals surface area contributed by atoms with Gasteiger partial charge in [-0.25, -0.2) is 0 Å². The molecule has 45 nitrogen and oxygen atoms in total. The van der Waals surface area contributed by atoms with Crippen molar-refractivity contribution in [1.82, 2.24) is 10.6 Å². The number of amides is 1. The van der Waals surface area contributed by atoms with Gasteiger partial charge in [0.25, 0.3) is 0 Å². The van der Waals surface area contributed by atoms with Crippen LogP contribution in [0.2, 0.25) is 0 Å². The van der Waals surface area contributed by atoms with Crippen LogP contribution in [0.25, 0.3) is 0 Å². The number of nitrogens with one attached hydrogen (secondary N) is 2. The fourth-order valence-corrected chi connectivity index (χ4v) is 13.6. The molecule has 0 aliphatic carbocycles. The normalized spacial score (nSPS) is 49.4. The van der Waals surface area contributed by atoms with Gasteiger partial charge in [0.2, 0.25) is 5.91 Å². The van der Waals surface area contributed by atoms with Crippen molar-refractivity contribution in [2.45, 2.75) is 264 Å². The molecule has 15 unspecified atom stereocenters. The van der Waals surface area contributed by atoms with E-state index < -0.39 is 317 Å². The first-order valence-electron chi connectivity index (χ1n) is 33.9. The molecule has 9 aliphatic rings. The summed E-state index contributed by atoms with van der Waals surface area (Å²) in [6.45, 7) is -3.79. The van der Waals surface area contributed by atoms with Crippen LogP contribution >= 0.6 is 11.8 Å². The summed E-state index contributed by atoms with van der Waals surface area (Å²) >= 11 is 1.49. The van der Waals surface area contributed by atoms with E-state index in [1.807, 2.05) is 0 Å². The number of carbonyl (C=O) groups excluding carboxylic acids is 1. The number of hydrogen-bond donors (Lipinski definition) is 27. The van der Waals surface area contributed by atoms with Gasteiger partial charge in [0, 0.05) is 12.3 Å². The van der Waals surface area contributed by atoms with Crippen LogP contribution in [-0.4, -0.2) is 476 Å². The van der Waals surface area contributed by atoms with Crippen LogP contribution in [0.3, 0.4) is 0 Å². The summed E-state index contributed by atoms with van der Waals surface area (Å²) in [4.78, 5) is 11.5. The molecule has 0 saturated carbocycles. The van der Waals surface area contributed by atoms with E-state index in [2.05, 4.69) is 17.2 Å². The minimum Gasteiger partial charge on any atom is -0.394 e. The number of aliphatic hydroxyl groups excluding tert-OH is 25. The van der Waals surface area contributed by atoms with Crippen molar-refractivity contribution in [1.29, 1.82) is 0 Å². The van der Waals surface area contributed by atoms with Crippen LogP contribution in [0.5, 0.6) is 0 Å². The van der Waals surface area contributed by atoms with E-state index in [1.54, 1.807) is 0 Å². The molecule has 0 aromatic rings. The van der Waals surface area contributed by atoms with Crippen LogP contribution in [0, 0.1) is 0 Å². The van der Waals surface area contributed by atoms with Crippen LogP contribution < -0.4 is 10.6 Å². The van der Waals surface area contributed by atoms with Gasteiger partial charge in [-0.05, 0) is 24.8 Å². The van der Waals surface area contributed by atoms with Gasteiger partial charge >= 0.3 is 0 Å². The second-order valence-corrected chi connectivity index (χ2v) is 27.6. The predicted molar refractivity (Wildman–Crippen MR) is 330 cm³/mol. The molecule has 610 valence electrons. The zero-order valence-electron chi connectivity index (χ0n) is 55.9. The van der Waals surface area contributed by atoms with Crippen LogP contribution in [0.1, 0.15) is 6.42 Å². The Morgan fingerprint density at radius 3 is 1.13 bits per heavy atom. The fraction of sp³-hybridized carbons (Fsp3) is 0.949. The molecule has 0 bridgehead atoms. The highest BCUT2D eigenvalue weighted by atomic mass is 32.2. The molecule has 9 heterocycles. The Bertz CT molecular complexity index is 2610. The minimum atomic E-state index is -2.48. The molecule has 105 heavy (non-hydrogen) atoms. The van der Waals surface area contributed by atoms with E-state index in [4.69, 9.17) is 80.5 Å². The molecule has 9 fully saturated rings. The molecule has 0 aromatic heterocycles. The molecule has 0 aromatic carbocycles. The van der Waals surface area contributed by atoms with E-state index in [9.17, 15) is 132 Å². The molecule has 1 amide bonds. The third-order valence-corrected chi connectivity index (χ3v) is 20.2. The molecule has 0 spiro atoms. The van der Waals surface area contributed by atoms with Crippen molar-refractivity contribution in [2.75, 3.05) is 84.1 Å². The van der Waals surface area contributed by atoms with Gasteiger partial charge in [-0.3, -0.25) is 10.1 Å². The highest BCUT2D eigenvalue weighted by Crippen LogP contribution is 2.38. The maximum absolute atomic E-state index is 12.3. The first-order chi connectivity index (χ1) is 49.9. The van der Waals surface area contributed by atoms with Crippen LogP contribution in [-0.2, 0) is 85.3 Å². The van der Waals surface area contributed by atoms with Crippen molar-refractivity contribution in [3.05, 3.63) is 12.7 Å². The zero-order chi connectivity index (χ0) is 76.6. The van der Waals surface area contributed by atoms with Gasteiger partial charge in [0.05, 0.1) is 59.5 Å². The largest absolute Gasteiger partial charge is 0.394 e. The highest BCUT2D eigenvalue weighted by Gasteiger charge is 2.58. The van der Waals surface area contributed by atoms with E-state index in [-0.39, 0.29) is 12.5 Å². The molecule has 0 radical (unpaired) electrons. The van der Waals surface area contributed by atoms with Gasteiger partial charge in [0.1, 0.15) is 208 Å². The van der Waals surface area contributed by atoms with Gasteiger partial charge < -0.3 is 214 Å². The van der Waals surface area contributed by atoms with E-state index >= 15 is 0 Å². The number of ether oxygens (including phenoxy) is 17. The van der Waals surface area contributed by atoms with Gasteiger partial charge in [-0.1, -0.05) is 6.58 Å². The van der Waals surface area contributed by atoms with Crippen molar-refractivity contribution < 1.29 is 213 Å². The lowest BCUT2D eigenvalue weighted by molar-refractivity contribution is -0.395. The summed E-state index contributed by atoms with van der Waals surface area (Å²) in [5.74, 6) is 0.778. The summed E-state index contributed by atoms with van der Waals surface area (Å²) in [7, 11) is 0. The van der Waals surface area contributed by atoms with Crippen molar-refractivity contribution >= 4 is 17.7 Å². The first-order valence-corrected chi connectivity index (χ1v) is 35.0. The lowest BCUT2D eigenvalue weighted by Gasteiger charge is -2.50. The molecule has 27 N–H and O–H groups in total. The third kappa shape index (κ3) is 20.4. The number of hydrogen-bond acceptors (Lipinski definition) is 45. The zero-order valence-corrected chi connectivity index (χ0v) is 56.7. The van der Waals surface area contributed by atoms with E-state index in [0.717, 1.165) is 6.08 Å². The number of thioether (sulfide) groups is 1. The van der Waals surface area contributed by atoms with Crippen molar-refractivity contribution in [3.63, 3.8) is 0 Å². The molecule has 9 rings (SSSR count). The molecular weight excluding hydrogens is 1460 g/mol. The molecule has 42 atom stereocenters. The molecular formula is C59H100N2O43S. The highest BCUT2D eigenvalue weighted by molar-refractivity contribution is 7.99. The Balaban J connectivity index is 0.986. The second kappa shape index (κ2) is 39.5. The summed E-state index contributed by atoms with van der Waals surface area (Å²) < 4.78 is 98.9. The standard InChI is InChI=1S/C59H100N2O43S/c1-2-26(68)60-5-7-105-6-3-4-61-51-39(81)36(78)46(22(10-64)94-51)100-56-44(86)37(79)48(25(98-56)16-93-59-50(29(71)19(67)13-90-59)104-54-42(84)34(76)31(73)21(9-63)96-54)102-57-45(87)38(80)47(101-55-43(85)35(77)32(74)23(97-55)14-91-52-40(82)27(69)17(65)11-88-52)24(99-57)15-92-58-49(28(70)18(66)12-89-58)103-53-41(83)33(75)30(72)20(8-62)95-53/h2,17-25,27-59,61-67,69-87H,1,3-16H2,(H,60,68)/t17-,18-,19-,20?,21?,22+,23?,24+,25?,27+,28+,29+,30+,31+,32-,33+,34+,35+,36?,37-,38?,39?,40?,41?,42?,43?,44?,45?,46-,47-,48-,49?,50?,51-,52-,53+,54+,55+,56+,57+,58-,59-/m1/s1. The van der Waals surface area contributed by atoms with Gasteiger partial charge in [-0.15, -0.1) is 0 Å². The quantitative estimate of drug-likeness (QED) is 0.0226. The lowest BCUT2D eigenvalue weighted by Crippen LogP contribution is -2.68. The third-order valence-electron chi connectivity index (χ3n) is 19.1. The lowest BCUT2D eigenvalue weighted by atomic mass is 9.95. The van der Waals surface area contributed by atoms with E-state index in [0.29, 0.717) is 24.5 Å². The summed E-state index contributed by atoms with van der Waals surface area (Å²) in [6, 6.07) is 0. The minimum absolute atomic E-state index is 0.194. The molecule has 9 saturated heterocycles. The Hall–Kier alpha value is -2.16. The van der Waals surface area contributed by atoms with Crippen molar-refractivity contribution in [2.24, 2.45) is 0 Å². The molecule has 9 aliphatic heterocycles. The van der Waals surface area contributed by atoms with Crippen LogP contribution in [0.4, 0.5) is 0 Å². The molecule has 46 heteroatoms.